The third-order valence-electron chi connectivity index (χ3n) is 1.33. The Balaban J connectivity index is 0.000000791. The van der Waals surface area contributed by atoms with Gasteiger partial charge in [-0.15, -0.1) is 11.6 Å². The second-order valence-corrected chi connectivity index (χ2v) is 2.54. The fourth-order valence-corrected chi connectivity index (χ4v) is 0.867. The molecule has 0 saturated carbocycles. The van der Waals surface area contributed by atoms with Crippen LogP contribution in [0.1, 0.15) is 0 Å². The van der Waals surface area contributed by atoms with Gasteiger partial charge in [0.25, 0.3) is 0 Å². The van der Waals surface area contributed by atoms with E-state index in [1.165, 1.54) is 14.8 Å². The molecule has 0 bridgehead atoms. The van der Waals surface area contributed by atoms with Crippen molar-refractivity contribution in [1.29, 1.82) is 0 Å². The minimum atomic E-state index is -5.49. The van der Waals surface area contributed by atoms with Gasteiger partial charge in [-0.25, -0.2) is 8.78 Å². The Labute approximate surface area is 101 Å². The summed E-state index contributed by atoms with van der Waals surface area (Å²) in [5.74, 6) is -15.5. The molecule has 14 heavy (non-hydrogen) atoms. The molecule has 0 unspecified atom stereocenters. The molecule has 0 aromatic carbocycles. The van der Waals surface area contributed by atoms with E-state index in [0.717, 1.165) is 0 Å². The van der Waals surface area contributed by atoms with Crippen molar-refractivity contribution in [3.63, 3.8) is 0 Å². The molecule has 0 radical (unpaired) electrons. The van der Waals surface area contributed by atoms with Gasteiger partial charge in [0.15, 0.2) is 5.92 Å². The van der Waals surface area contributed by atoms with Crippen molar-refractivity contribution in [1.82, 2.24) is 0 Å². The van der Waals surface area contributed by atoms with Crippen molar-refractivity contribution in [3.05, 3.63) is 11.1 Å². The van der Waals surface area contributed by atoms with Crippen molar-refractivity contribution in [2.75, 3.05) is 0 Å². The van der Waals surface area contributed by atoms with Crippen molar-refractivity contribution in [2.24, 2.45) is 0 Å². The normalized spacial score (nSPS) is 26.3. The van der Waals surface area contributed by atoms with Gasteiger partial charge in [0.2, 0.25) is 0 Å². The third kappa shape index (κ3) is 2.07. The molecule has 1 rings (SSSR count). The number of halogens is 8. The Morgan fingerprint density at radius 2 is 1.43 bits per heavy atom. The van der Waals surface area contributed by atoms with Gasteiger partial charge in [-0.3, -0.25) is 0 Å². The number of hydrogen-bond acceptors (Lipinski definition) is 0. The van der Waals surface area contributed by atoms with E-state index in [9.17, 15) is 26.3 Å². The van der Waals surface area contributed by atoms with E-state index in [-0.39, 0.29) is 0 Å². The average molecular weight is 402 g/mol. The van der Waals surface area contributed by atoms with Gasteiger partial charge in [-0.05, 0) is 0 Å². The summed E-state index contributed by atoms with van der Waals surface area (Å²) in [5.41, 5.74) is 0. The molecule has 0 aliphatic heterocycles. The van der Waals surface area contributed by atoms with Gasteiger partial charge in [0.05, 0.1) is 0 Å². The monoisotopic (exact) mass is 400 g/mol. The Morgan fingerprint density at radius 1 is 1.07 bits per heavy atom. The molecule has 0 nitrogen and oxygen atoms in total. The van der Waals surface area contributed by atoms with Gasteiger partial charge >= 0.3 is 46.4 Å². The van der Waals surface area contributed by atoms with Gasteiger partial charge in [-0.2, -0.15) is 17.6 Å². The molecule has 1 aliphatic carbocycles. The van der Waals surface area contributed by atoms with Crippen LogP contribution in [0.5, 0.6) is 0 Å². The van der Waals surface area contributed by atoms with E-state index in [0.29, 0.717) is 6.08 Å². The second-order valence-electron chi connectivity index (χ2n) is 2.16. The molecule has 78 valence electrons. The summed E-state index contributed by atoms with van der Waals surface area (Å²) >= 11 is 8.09. The average Bonchev–Trinajstić information content (AvgIpc) is 2.14. The zero-order chi connectivity index (χ0) is 11.8. The molecule has 0 amide bonds. The summed E-state index contributed by atoms with van der Waals surface area (Å²) in [6.45, 7) is 0. The Kier molecular flexibility index (Phi) is 4.76. The maximum absolute atomic E-state index is 12.1. The van der Waals surface area contributed by atoms with Crippen LogP contribution < -0.4 is 0 Å². The predicted octanol–water partition coefficient (Wildman–Crippen LogP) is 3.71. The molecule has 0 saturated heterocycles. The molecule has 1 aliphatic rings. The van der Waals surface area contributed by atoms with Gasteiger partial charge in [0, 0.05) is 0 Å². The molecule has 0 atom stereocenters. The molecule has 0 aromatic heterocycles. The van der Waals surface area contributed by atoms with Crippen LogP contribution in [-0.2, 0) is 14.8 Å². The first-order valence-electron chi connectivity index (χ1n) is 2.84. The second kappa shape index (κ2) is 4.45. The van der Waals surface area contributed by atoms with Crippen LogP contribution in [0.2, 0.25) is 0 Å². The molecule has 0 aromatic rings. The van der Waals surface area contributed by atoms with Crippen molar-refractivity contribution in [3.8, 4) is 0 Å². The summed E-state index contributed by atoms with van der Waals surface area (Å²) in [6.07, 6.45) is 0.522. The van der Waals surface area contributed by atoms with Crippen LogP contribution in [0.4, 0.5) is 26.3 Å². The molecule has 0 heterocycles. The Morgan fingerprint density at radius 3 is 1.50 bits per heavy atom. The first-order chi connectivity index (χ1) is 6.13. The summed E-state index contributed by atoms with van der Waals surface area (Å²) in [4.78, 5) is 0. The van der Waals surface area contributed by atoms with E-state index in [1.54, 1.807) is 0 Å². The predicted molar refractivity (Wildman–Crippen MR) is 41.5 cm³/mol. The van der Waals surface area contributed by atoms with Gasteiger partial charge < -0.3 is 6.08 Å². The number of hydrogen-bond donors (Lipinski definition) is 0. The zero-order valence-electron chi connectivity index (χ0n) is 6.23. The Hall–Kier alpha value is 0.963. The van der Waals surface area contributed by atoms with E-state index in [4.69, 9.17) is 0 Å². The number of rotatable bonds is 0. The third-order valence-corrected chi connectivity index (χ3v) is 1.66. The summed E-state index contributed by atoms with van der Waals surface area (Å²) in [5, 5.41) is -1.95. The zero-order valence-corrected chi connectivity index (χ0v) is 12.1. The molecule has 0 fully saturated rings. The molecule has 9 heteroatoms. The first kappa shape index (κ1) is 15.0. The standard InChI is InChI=1S/C5ClF6.HI.Zn/c6-2-1-3(7,8)5(11,12)4(2,9)10;;/h;1H;/q-1;;+2/p-1. The first-order valence-corrected chi connectivity index (χ1v) is 12.3. The quantitative estimate of drug-likeness (QED) is 0.251. The molecular formula is C5ClF6IZn. The molecule has 0 N–H and O–H groups in total. The van der Waals surface area contributed by atoms with Crippen LogP contribution in [0.25, 0.3) is 0 Å². The number of allylic oxidation sites excluding steroid dienone is 2. The topological polar surface area (TPSA) is 0 Å². The minimum absolute atomic E-state index is 0.522. The van der Waals surface area contributed by atoms with Gasteiger partial charge in [-0.1, -0.05) is 5.03 Å². The van der Waals surface area contributed by atoms with E-state index < -0.39 is 22.8 Å². The molecule has 0 spiro atoms. The fraction of sp³-hybridized carbons (Fsp3) is 0.600. The van der Waals surface area contributed by atoms with Crippen LogP contribution >= 0.6 is 31.4 Å². The van der Waals surface area contributed by atoms with Crippen molar-refractivity contribution in [2.45, 2.75) is 17.8 Å². The van der Waals surface area contributed by atoms with Crippen LogP contribution in [-0.4, -0.2) is 17.8 Å². The van der Waals surface area contributed by atoms with E-state index in [1.807, 2.05) is 0 Å². The van der Waals surface area contributed by atoms with Crippen LogP contribution in [0, 0.1) is 6.08 Å². The van der Waals surface area contributed by atoms with E-state index in [2.05, 4.69) is 31.4 Å². The maximum atomic E-state index is 12.1. The summed E-state index contributed by atoms with van der Waals surface area (Å²) in [6, 6.07) is 0. The van der Waals surface area contributed by atoms with Crippen molar-refractivity contribution >= 4 is 31.4 Å². The number of alkyl halides is 6. The van der Waals surface area contributed by atoms with Crippen LogP contribution in [0.15, 0.2) is 5.03 Å². The van der Waals surface area contributed by atoms with E-state index >= 15 is 0 Å². The summed E-state index contributed by atoms with van der Waals surface area (Å²) in [7, 11) is 0. The van der Waals surface area contributed by atoms with Crippen LogP contribution in [0.3, 0.4) is 0 Å². The van der Waals surface area contributed by atoms with Gasteiger partial charge in [0.1, 0.15) is 0 Å². The fourth-order valence-electron chi connectivity index (χ4n) is 0.630. The van der Waals surface area contributed by atoms with Crippen molar-refractivity contribution < 1.29 is 41.1 Å². The Bertz CT molecular complexity index is 253. The molecular weight excluding hydrogens is 402 g/mol. The SMILES string of the molecule is FC1(F)[C-]=C(Cl)C(F)(F)C1(F)F.[Zn+][I]. The summed E-state index contributed by atoms with van der Waals surface area (Å²) < 4.78 is 72.5.